The molecule has 2 amide bonds. The van der Waals surface area contributed by atoms with Crippen molar-refractivity contribution in [3.63, 3.8) is 0 Å². The molecule has 8 rings (SSSR count). The molecule has 49 heavy (non-hydrogen) atoms. The van der Waals surface area contributed by atoms with Crippen molar-refractivity contribution in [1.29, 1.82) is 0 Å². The van der Waals surface area contributed by atoms with Crippen LogP contribution in [0.25, 0.3) is 0 Å². The number of rotatable bonds is 5. The molecule has 2 aromatic rings. The van der Waals surface area contributed by atoms with E-state index in [0.717, 1.165) is 0 Å². The number of carbonyl (C=O) groups excluding carboxylic acids is 5. The molecule has 256 valence electrons. The Morgan fingerprint density at radius 3 is 2.35 bits per heavy atom. The number of carbonyl (C=O) groups is 5. The van der Waals surface area contributed by atoms with Gasteiger partial charge in [0, 0.05) is 25.2 Å². The summed E-state index contributed by atoms with van der Waals surface area (Å²) in [6, 6.07) is 13.6. The zero-order chi connectivity index (χ0) is 34.3. The molecule has 4 saturated heterocycles. The number of ether oxygens (including phenoxy) is 5. The van der Waals surface area contributed by atoms with Crippen LogP contribution in [-0.4, -0.2) is 90.8 Å². The third-order valence-corrected chi connectivity index (χ3v) is 11.0. The second-order valence-corrected chi connectivity index (χ2v) is 14.8. The molecule has 4 fully saturated rings. The van der Waals surface area contributed by atoms with E-state index in [4.69, 9.17) is 23.7 Å². The van der Waals surface area contributed by atoms with E-state index < -0.39 is 58.5 Å². The molecular formula is C37H38N2O10. The third kappa shape index (κ3) is 4.51. The molecule has 0 unspecified atom stereocenters. The molecule has 0 aromatic heterocycles. The molecular weight excluding hydrogens is 632 g/mol. The topological polar surface area (TPSA) is 138 Å². The van der Waals surface area contributed by atoms with Gasteiger partial charge in [-0.2, -0.15) is 0 Å². The predicted molar refractivity (Wildman–Crippen MR) is 170 cm³/mol. The van der Waals surface area contributed by atoms with Crippen LogP contribution in [0.3, 0.4) is 0 Å². The van der Waals surface area contributed by atoms with E-state index in [1.54, 1.807) is 59.5 Å². The minimum Gasteiger partial charge on any atom is -0.486 e. The molecule has 5 aliphatic heterocycles. The molecule has 12 heteroatoms. The maximum absolute atomic E-state index is 14.6. The molecule has 5 atom stereocenters. The molecule has 0 bridgehead atoms. The first-order valence-electron chi connectivity index (χ1n) is 16.8. The number of nitrogens with zero attached hydrogens (tertiary/aromatic N) is 2. The van der Waals surface area contributed by atoms with Crippen molar-refractivity contribution in [2.75, 3.05) is 32.8 Å². The summed E-state index contributed by atoms with van der Waals surface area (Å²) in [6.07, 6.45) is -0.808. The van der Waals surface area contributed by atoms with E-state index >= 15 is 0 Å². The van der Waals surface area contributed by atoms with E-state index in [9.17, 15) is 24.0 Å². The van der Waals surface area contributed by atoms with Gasteiger partial charge in [-0.3, -0.25) is 19.2 Å². The smallest absolute Gasteiger partial charge is 0.338 e. The Labute approximate surface area is 283 Å². The van der Waals surface area contributed by atoms with Gasteiger partial charge in [0.1, 0.15) is 30.1 Å². The molecule has 0 N–H and O–H groups in total. The highest BCUT2D eigenvalue weighted by atomic mass is 16.6. The summed E-state index contributed by atoms with van der Waals surface area (Å²) in [5.74, 6) is -1.39. The van der Waals surface area contributed by atoms with Crippen molar-refractivity contribution in [3.8, 4) is 11.5 Å². The van der Waals surface area contributed by atoms with Gasteiger partial charge in [-0.15, -0.1) is 0 Å². The maximum atomic E-state index is 14.6. The van der Waals surface area contributed by atoms with Crippen LogP contribution in [-0.2, 0) is 28.6 Å². The third-order valence-electron chi connectivity index (χ3n) is 11.0. The van der Waals surface area contributed by atoms with Gasteiger partial charge in [0.05, 0.1) is 12.0 Å². The number of hydrogen-bond acceptors (Lipinski definition) is 10. The van der Waals surface area contributed by atoms with Crippen LogP contribution in [0.4, 0.5) is 0 Å². The van der Waals surface area contributed by atoms with Crippen molar-refractivity contribution < 1.29 is 47.7 Å². The highest BCUT2D eigenvalue weighted by Crippen LogP contribution is 2.72. The van der Waals surface area contributed by atoms with Crippen LogP contribution >= 0.6 is 0 Å². The van der Waals surface area contributed by atoms with Gasteiger partial charge in [-0.1, -0.05) is 39.0 Å². The Morgan fingerprint density at radius 2 is 1.63 bits per heavy atom. The summed E-state index contributed by atoms with van der Waals surface area (Å²) in [5, 5.41) is 0. The highest BCUT2D eigenvalue weighted by molar-refractivity contribution is 6.00. The van der Waals surface area contributed by atoms with Gasteiger partial charge in [0.15, 0.2) is 23.8 Å². The molecule has 6 aliphatic rings. The van der Waals surface area contributed by atoms with E-state index in [1.807, 2.05) is 20.8 Å². The molecule has 2 spiro atoms. The first-order valence-corrected chi connectivity index (χ1v) is 16.8. The molecule has 1 aliphatic carbocycles. The molecule has 0 radical (unpaired) electrons. The van der Waals surface area contributed by atoms with E-state index in [-0.39, 0.29) is 30.4 Å². The Morgan fingerprint density at radius 1 is 0.918 bits per heavy atom. The first kappa shape index (κ1) is 31.4. The Bertz CT molecular complexity index is 1790. The van der Waals surface area contributed by atoms with Crippen molar-refractivity contribution in [2.24, 2.45) is 22.2 Å². The lowest BCUT2D eigenvalue weighted by Gasteiger charge is -2.43. The summed E-state index contributed by atoms with van der Waals surface area (Å²) >= 11 is 0. The first-order chi connectivity index (χ1) is 23.4. The van der Waals surface area contributed by atoms with Crippen molar-refractivity contribution in [1.82, 2.24) is 9.80 Å². The van der Waals surface area contributed by atoms with E-state index in [2.05, 4.69) is 0 Å². The van der Waals surface area contributed by atoms with Crippen LogP contribution in [0.1, 0.15) is 60.7 Å². The monoisotopic (exact) mass is 670 g/mol. The van der Waals surface area contributed by atoms with E-state index in [0.29, 0.717) is 61.8 Å². The van der Waals surface area contributed by atoms with Crippen LogP contribution in [0.2, 0.25) is 0 Å². The largest absolute Gasteiger partial charge is 0.486 e. The van der Waals surface area contributed by atoms with Crippen molar-refractivity contribution in [2.45, 2.75) is 58.5 Å². The number of fused-ring (bicyclic) bond motifs is 1. The summed E-state index contributed by atoms with van der Waals surface area (Å²) in [4.78, 5) is 71.9. The van der Waals surface area contributed by atoms with Crippen molar-refractivity contribution in [3.05, 3.63) is 71.3 Å². The lowest BCUT2D eigenvalue weighted by atomic mass is 9.56. The predicted octanol–water partition coefficient (Wildman–Crippen LogP) is 3.54. The SMILES string of the molecule is CC(C)(C)C1=C[C@@H]2OC(=O)C[C@@]23C(=O)O[C@@H]2N(CC4CCN(C(=O)c5ccc6c(c5)OCCO6)CC4)C(=O)[C@H](OC(=O)c4ccccc4)[C@@]123. The molecule has 5 heterocycles. The molecule has 2 aromatic carbocycles. The fraction of sp³-hybridized carbons (Fsp3) is 0.486. The maximum Gasteiger partial charge on any atom is 0.338 e. The van der Waals surface area contributed by atoms with Gasteiger partial charge in [-0.25, -0.2) is 4.79 Å². The molecule has 0 saturated carbocycles. The Hall–Kier alpha value is -4.87. The van der Waals surface area contributed by atoms with Gasteiger partial charge in [-0.05, 0) is 66.2 Å². The number of likely N-dealkylation sites (tertiary alicyclic amines) is 2. The zero-order valence-electron chi connectivity index (χ0n) is 27.6. The quantitative estimate of drug-likeness (QED) is 0.264. The molecule has 12 nitrogen and oxygen atoms in total. The Kier molecular flexibility index (Phi) is 7.10. The number of hydrogen-bond donors (Lipinski definition) is 0. The lowest BCUT2D eigenvalue weighted by Crippen LogP contribution is -2.55. The second kappa shape index (κ2) is 11.1. The number of amides is 2. The van der Waals surface area contributed by atoms with E-state index in [1.165, 1.54) is 4.90 Å². The summed E-state index contributed by atoms with van der Waals surface area (Å²) < 4.78 is 29.3. The van der Waals surface area contributed by atoms with Gasteiger partial charge >= 0.3 is 17.9 Å². The fourth-order valence-electron chi connectivity index (χ4n) is 8.89. The van der Waals surface area contributed by atoms with Gasteiger partial charge in [0.2, 0.25) is 0 Å². The standard InChI is InChI=1S/C37H38N2O10/c1-35(2,3)26-18-27-36(19-28(40)47-27)34(44)49-33-37(26,36)29(48-32(43)22-7-5-4-6-8-22)31(42)39(33)20-21-11-13-38(14-12-21)30(41)23-9-10-24-25(17-23)46-16-15-45-24/h4-10,17-18,21,27,29,33H,11-16,19-20H2,1-3H3/t27-,29-,33-,36-,37-/m0/s1. The minimum absolute atomic E-state index is 0.0372. The highest BCUT2D eigenvalue weighted by Gasteiger charge is 2.87. The van der Waals surface area contributed by atoms with Crippen LogP contribution in [0.15, 0.2) is 60.2 Å². The van der Waals surface area contributed by atoms with Crippen LogP contribution in [0, 0.1) is 22.2 Å². The summed E-state index contributed by atoms with van der Waals surface area (Å²) in [6.45, 7) is 7.91. The van der Waals surface area contributed by atoms with Crippen LogP contribution in [0.5, 0.6) is 11.5 Å². The average molecular weight is 671 g/mol. The van der Waals surface area contributed by atoms with Gasteiger partial charge < -0.3 is 33.5 Å². The lowest BCUT2D eigenvalue weighted by molar-refractivity contribution is -0.160. The summed E-state index contributed by atoms with van der Waals surface area (Å²) in [5.41, 5.74) is -2.18. The normalized spacial score (nSPS) is 30.3. The fourth-order valence-corrected chi connectivity index (χ4v) is 8.89. The minimum atomic E-state index is -1.55. The summed E-state index contributed by atoms with van der Waals surface area (Å²) in [7, 11) is 0. The second-order valence-electron chi connectivity index (χ2n) is 14.8. The average Bonchev–Trinajstić information content (AvgIpc) is 3.73. The van der Waals surface area contributed by atoms with Gasteiger partial charge in [0.25, 0.3) is 11.8 Å². The zero-order valence-corrected chi connectivity index (χ0v) is 27.6. The number of benzene rings is 2. The Balaban J connectivity index is 1.09. The van der Waals surface area contributed by atoms with Crippen LogP contribution < -0.4 is 9.47 Å². The number of piperidine rings is 1. The number of esters is 3. The van der Waals surface area contributed by atoms with Crippen molar-refractivity contribution >= 4 is 29.7 Å².